The highest BCUT2D eigenvalue weighted by Gasteiger charge is 2.17. The summed E-state index contributed by atoms with van der Waals surface area (Å²) in [7, 11) is 0. The van der Waals surface area contributed by atoms with Crippen LogP contribution >= 0.6 is 11.8 Å². The van der Waals surface area contributed by atoms with E-state index in [1.54, 1.807) is 0 Å². The van der Waals surface area contributed by atoms with Crippen LogP contribution in [0.15, 0.2) is 0 Å². The molecule has 1 unspecified atom stereocenters. The molecule has 0 bridgehead atoms. The van der Waals surface area contributed by atoms with Gasteiger partial charge in [-0.25, -0.2) is 0 Å². The summed E-state index contributed by atoms with van der Waals surface area (Å²) in [4.78, 5) is 2.57. The molecule has 0 aromatic carbocycles. The van der Waals surface area contributed by atoms with Gasteiger partial charge in [0.2, 0.25) is 0 Å². The molecule has 3 heteroatoms. The van der Waals surface area contributed by atoms with Gasteiger partial charge >= 0.3 is 0 Å². The molecule has 1 rings (SSSR count). The van der Waals surface area contributed by atoms with Crippen LogP contribution in [0.4, 0.5) is 0 Å². The van der Waals surface area contributed by atoms with Crippen molar-refractivity contribution in [2.45, 2.75) is 32.7 Å². The van der Waals surface area contributed by atoms with E-state index in [2.05, 4.69) is 37.4 Å². The zero-order valence-electron chi connectivity index (χ0n) is 9.75. The number of nitrogens with two attached hydrogens (primary N) is 1. The van der Waals surface area contributed by atoms with Gasteiger partial charge in [0, 0.05) is 24.4 Å². The molecule has 0 spiro atoms. The molecule has 0 aromatic heterocycles. The van der Waals surface area contributed by atoms with Crippen LogP contribution in [0.5, 0.6) is 0 Å². The van der Waals surface area contributed by atoms with Gasteiger partial charge in [0.15, 0.2) is 0 Å². The molecule has 0 amide bonds. The molecule has 1 saturated heterocycles. The molecule has 0 aliphatic carbocycles. The van der Waals surface area contributed by atoms with E-state index >= 15 is 0 Å². The van der Waals surface area contributed by atoms with Crippen LogP contribution in [0.1, 0.15) is 27.2 Å². The topological polar surface area (TPSA) is 29.3 Å². The van der Waals surface area contributed by atoms with Crippen molar-refractivity contribution in [3.63, 3.8) is 0 Å². The Kier molecular flexibility index (Phi) is 4.74. The Balaban J connectivity index is 2.28. The van der Waals surface area contributed by atoms with E-state index in [0.29, 0.717) is 0 Å². The Bertz CT molecular complexity index is 165. The minimum Gasteiger partial charge on any atom is -0.326 e. The van der Waals surface area contributed by atoms with Gasteiger partial charge in [-0.15, -0.1) is 0 Å². The van der Waals surface area contributed by atoms with Crippen LogP contribution in [-0.4, -0.2) is 41.6 Å². The summed E-state index contributed by atoms with van der Waals surface area (Å²) in [5, 5.41) is 0. The fraction of sp³-hybridized carbons (Fsp3) is 1.00. The molecule has 1 atom stereocenters. The molecule has 1 heterocycles. The first-order valence-electron chi connectivity index (χ1n) is 5.56. The molecule has 1 aliphatic rings. The molecule has 0 radical (unpaired) electrons. The Morgan fingerprint density at radius 2 is 2.21 bits per heavy atom. The molecule has 1 fully saturated rings. The van der Waals surface area contributed by atoms with Crippen LogP contribution in [0.25, 0.3) is 0 Å². The average Bonchev–Trinajstić information content (AvgIpc) is 2.25. The SMILES string of the molecule is CC1CSCCN(CCC(C)(C)N)C1. The highest BCUT2D eigenvalue weighted by atomic mass is 32.2. The van der Waals surface area contributed by atoms with Gasteiger partial charge in [-0.05, 0) is 38.5 Å². The van der Waals surface area contributed by atoms with E-state index in [1.807, 2.05) is 0 Å². The number of hydrogen-bond donors (Lipinski definition) is 1. The summed E-state index contributed by atoms with van der Waals surface area (Å²) in [6.45, 7) is 10.2. The third-order valence-corrected chi connectivity index (χ3v) is 3.87. The second-order valence-electron chi connectivity index (χ2n) is 5.22. The predicted molar refractivity (Wildman–Crippen MR) is 65.8 cm³/mol. The van der Waals surface area contributed by atoms with Crippen molar-refractivity contribution in [1.29, 1.82) is 0 Å². The quantitative estimate of drug-likeness (QED) is 0.780. The first-order chi connectivity index (χ1) is 6.47. The zero-order chi connectivity index (χ0) is 10.6. The maximum atomic E-state index is 5.99. The van der Waals surface area contributed by atoms with Crippen molar-refractivity contribution in [1.82, 2.24) is 4.90 Å². The molecule has 2 nitrogen and oxygen atoms in total. The molecule has 84 valence electrons. The molecule has 0 saturated carbocycles. The lowest BCUT2D eigenvalue weighted by Crippen LogP contribution is -2.39. The van der Waals surface area contributed by atoms with Crippen molar-refractivity contribution in [2.24, 2.45) is 11.7 Å². The average molecular weight is 216 g/mol. The minimum atomic E-state index is -0.0112. The third kappa shape index (κ3) is 5.23. The van der Waals surface area contributed by atoms with Gasteiger partial charge < -0.3 is 10.6 Å². The Hall–Kier alpha value is 0.270. The van der Waals surface area contributed by atoms with E-state index in [1.165, 1.54) is 24.6 Å². The summed E-state index contributed by atoms with van der Waals surface area (Å²) in [6.07, 6.45) is 1.10. The normalized spacial score (nSPS) is 26.1. The Morgan fingerprint density at radius 3 is 2.86 bits per heavy atom. The summed E-state index contributed by atoms with van der Waals surface area (Å²) in [5.74, 6) is 3.45. The third-order valence-electron chi connectivity index (χ3n) is 2.60. The van der Waals surface area contributed by atoms with Crippen molar-refractivity contribution < 1.29 is 0 Å². The van der Waals surface area contributed by atoms with Crippen LogP contribution in [-0.2, 0) is 0 Å². The van der Waals surface area contributed by atoms with Gasteiger partial charge in [-0.2, -0.15) is 11.8 Å². The first kappa shape index (κ1) is 12.3. The lowest BCUT2D eigenvalue weighted by Gasteiger charge is -2.26. The highest BCUT2D eigenvalue weighted by Crippen LogP contribution is 2.16. The minimum absolute atomic E-state index is 0.0112. The number of rotatable bonds is 3. The second kappa shape index (κ2) is 5.38. The standard InChI is InChI=1S/C11H24N2S/c1-10-8-13(6-7-14-9-10)5-4-11(2,3)12/h10H,4-9,12H2,1-3H3. The predicted octanol–water partition coefficient (Wildman–Crippen LogP) is 1.80. The van der Waals surface area contributed by atoms with Gasteiger partial charge in [0.25, 0.3) is 0 Å². The molecular formula is C11H24N2S. The van der Waals surface area contributed by atoms with Crippen molar-refractivity contribution in [3.8, 4) is 0 Å². The van der Waals surface area contributed by atoms with Crippen LogP contribution in [0.3, 0.4) is 0 Å². The van der Waals surface area contributed by atoms with Crippen LogP contribution in [0, 0.1) is 5.92 Å². The lowest BCUT2D eigenvalue weighted by atomic mass is 10.0. The summed E-state index contributed by atoms with van der Waals surface area (Å²) >= 11 is 2.09. The molecule has 14 heavy (non-hydrogen) atoms. The van der Waals surface area contributed by atoms with Gasteiger partial charge in [-0.3, -0.25) is 0 Å². The highest BCUT2D eigenvalue weighted by molar-refractivity contribution is 7.99. The molecule has 0 aromatic rings. The van der Waals surface area contributed by atoms with Gasteiger partial charge in [0.1, 0.15) is 0 Å². The lowest BCUT2D eigenvalue weighted by molar-refractivity contribution is 0.241. The smallest absolute Gasteiger partial charge is 0.0109 e. The van der Waals surface area contributed by atoms with Crippen LogP contribution in [0.2, 0.25) is 0 Å². The fourth-order valence-electron chi connectivity index (χ4n) is 1.71. The summed E-state index contributed by atoms with van der Waals surface area (Å²) in [6, 6.07) is 0. The van der Waals surface area contributed by atoms with Crippen molar-refractivity contribution in [2.75, 3.05) is 31.1 Å². The van der Waals surface area contributed by atoms with E-state index < -0.39 is 0 Å². The number of hydrogen-bond acceptors (Lipinski definition) is 3. The van der Waals surface area contributed by atoms with Crippen molar-refractivity contribution >= 4 is 11.8 Å². The maximum Gasteiger partial charge on any atom is 0.0109 e. The zero-order valence-corrected chi connectivity index (χ0v) is 10.6. The first-order valence-corrected chi connectivity index (χ1v) is 6.72. The summed E-state index contributed by atoms with van der Waals surface area (Å²) < 4.78 is 0. The molecular weight excluding hydrogens is 192 g/mol. The van der Waals surface area contributed by atoms with Gasteiger partial charge in [-0.1, -0.05) is 6.92 Å². The molecule has 1 aliphatic heterocycles. The Morgan fingerprint density at radius 1 is 1.50 bits per heavy atom. The number of thioether (sulfide) groups is 1. The maximum absolute atomic E-state index is 5.99. The molecule has 2 N–H and O–H groups in total. The fourth-order valence-corrected chi connectivity index (χ4v) is 2.77. The summed E-state index contributed by atoms with van der Waals surface area (Å²) in [5.41, 5.74) is 5.98. The van der Waals surface area contributed by atoms with E-state index in [9.17, 15) is 0 Å². The van der Waals surface area contributed by atoms with E-state index in [0.717, 1.165) is 18.9 Å². The van der Waals surface area contributed by atoms with Crippen LogP contribution < -0.4 is 5.73 Å². The van der Waals surface area contributed by atoms with E-state index in [-0.39, 0.29) is 5.54 Å². The second-order valence-corrected chi connectivity index (χ2v) is 6.37. The monoisotopic (exact) mass is 216 g/mol. The largest absolute Gasteiger partial charge is 0.326 e. The van der Waals surface area contributed by atoms with E-state index in [4.69, 9.17) is 5.73 Å². The van der Waals surface area contributed by atoms with Crippen molar-refractivity contribution in [3.05, 3.63) is 0 Å². The Labute approximate surface area is 92.6 Å². The number of nitrogens with zero attached hydrogens (tertiary/aromatic N) is 1. The van der Waals surface area contributed by atoms with Gasteiger partial charge in [0.05, 0.1) is 0 Å².